The summed E-state index contributed by atoms with van der Waals surface area (Å²) in [7, 11) is 0. The molecular weight excluding hydrogens is 262 g/mol. The predicted octanol–water partition coefficient (Wildman–Crippen LogP) is 5.05. The fourth-order valence-corrected chi connectivity index (χ4v) is 3.25. The summed E-state index contributed by atoms with van der Waals surface area (Å²) in [5, 5.41) is 4.22. The normalized spacial score (nSPS) is 12.7. The third-order valence-electron chi connectivity index (χ3n) is 3.00. The van der Waals surface area contributed by atoms with E-state index in [1.54, 1.807) is 11.3 Å². The zero-order chi connectivity index (χ0) is 13.1. The summed E-state index contributed by atoms with van der Waals surface area (Å²) >= 11 is 8.18. The molecule has 1 N–H and O–H groups in total. The second-order valence-corrected chi connectivity index (χ2v) is 6.12. The van der Waals surface area contributed by atoms with Crippen molar-refractivity contribution >= 4 is 22.9 Å². The lowest BCUT2D eigenvalue weighted by Crippen LogP contribution is -2.17. The largest absolute Gasteiger partial charge is 0.310 e. The maximum atomic E-state index is 6.38. The van der Waals surface area contributed by atoms with E-state index in [1.165, 1.54) is 15.3 Å². The van der Waals surface area contributed by atoms with Crippen LogP contribution in [0.5, 0.6) is 0 Å². The third kappa shape index (κ3) is 2.94. The predicted molar refractivity (Wildman–Crippen MR) is 81.6 cm³/mol. The quantitative estimate of drug-likeness (QED) is 0.826. The van der Waals surface area contributed by atoms with Crippen molar-refractivity contribution in [2.45, 2.75) is 26.8 Å². The van der Waals surface area contributed by atoms with Gasteiger partial charge in [0.15, 0.2) is 0 Å². The molecule has 1 atom stereocenters. The van der Waals surface area contributed by atoms with Gasteiger partial charge in [0.1, 0.15) is 0 Å². The molecule has 1 heterocycles. The lowest BCUT2D eigenvalue weighted by Gasteiger charge is -2.15. The average Bonchev–Trinajstić information content (AvgIpc) is 2.76. The minimum Gasteiger partial charge on any atom is -0.310 e. The number of aryl methyl sites for hydroxylation is 1. The Morgan fingerprint density at radius 1 is 1.28 bits per heavy atom. The van der Waals surface area contributed by atoms with Crippen LogP contribution in [0.25, 0.3) is 10.4 Å². The van der Waals surface area contributed by atoms with Crippen molar-refractivity contribution in [3.05, 3.63) is 45.8 Å². The Labute approximate surface area is 118 Å². The molecule has 0 bridgehead atoms. The second kappa shape index (κ2) is 5.87. The average molecular weight is 280 g/mol. The Balaban J connectivity index is 2.30. The highest BCUT2D eigenvalue weighted by atomic mass is 35.5. The van der Waals surface area contributed by atoms with Gasteiger partial charge in [-0.1, -0.05) is 30.7 Å². The summed E-state index contributed by atoms with van der Waals surface area (Å²) in [6, 6.07) is 10.9. The third-order valence-corrected chi connectivity index (χ3v) is 4.38. The van der Waals surface area contributed by atoms with Gasteiger partial charge in [-0.25, -0.2) is 0 Å². The molecule has 0 saturated carbocycles. The number of benzene rings is 1. The van der Waals surface area contributed by atoms with Gasteiger partial charge >= 0.3 is 0 Å². The van der Waals surface area contributed by atoms with Crippen molar-refractivity contribution in [3.63, 3.8) is 0 Å². The monoisotopic (exact) mass is 279 g/mol. The number of hydrogen-bond donors (Lipinski definition) is 1. The molecule has 1 unspecified atom stereocenters. The minimum absolute atomic E-state index is 0.293. The molecule has 0 radical (unpaired) electrons. The van der Waals surface area contributed by atoms with Crippen molar-refractivity contribution in [2.75, 3.05) is 6.54 Å². The van der Waals surface area contributed by atoms with E-state index in [0.29, 0.717) is 6.04 Å². The van der Waals surface area contributed by atoms with Crippen molar-refractivity contribution in [1.29, 1.82) is 0 Å². The summed E-state index contributed by atoms with van der Waals surface area (Å²) < 4.78 is 0. The smallest absolute Gasteiger partial charge is 0.0460 e. The number of halogens is 1. The maximum absolute atomic E-state index is 6.38. The van der Waals surface area contributed by atoms with Gasteiger partial charge in [-0.15, -0.1) is 11.3 Å². The molecule has 2 aromatic rings. The van der Waals surface area contributed by atoms with Crippen LogP contribution in [-0.4, -0.2) is 6.54 Å². The highest BCUT2D eigenvalue weighted by Crippen LogP contribution is 2.32. The molecule has 0 fully saturated rings. The molecule has 3 heteroatoms. The van der Waals surface area contributed by atoms with E-state index >= 15 is 0 Å². The van der Waals surface area contributed by atoms with Crippen molar-refractivity contribution < 1.29 is 0 Å². The van der Waals surface area contributed by atoms with Crippen LogP contribution in [0.2, 0.25) is 5.02 Å². The highest BCUT2D eigenvalue weighted by Gasteiger charge is 2.10. The number of thiophene rings is 1. The summed E-state index contributed by atoms with van der Waals surface area (Å²) in [5.41, 5.74) is 2.36. The first kappa shape index (κ1) is 13.6. The van der Waals surface area contributed by atoms with E-state index in [0.717, 1.165) is 17.1 Å². The van der Waals surface area contributed by atoms with E-state index < -0.39 is 0 Å². The van der Waals surface area contributed by atoms with Crippen molar-refractivity contribution in [3.8, 4) is 10.4 Å². The first-order valence-electron chi connectivity index (χ1n) is 6.21. The Morgan fingerprint density at radius 3 is 2.61 bits per heavy atom. The molecule has 1 aromatic heterocycles. The molecular formula is C15H18ClNS. The number of nitrogens with one attached hydrogen (secondary N) is 1. The van der Waals surface area contributed by atoms with Gasteiger partial charge in [0, 0.05) is 20.8 Å². The summed E-state index contributed by atoms with van der Waals surface area (Å²) in [6.07, 6.45) is 0. The molecule has 0 amide bonds. The van der Waals surface area contributed by atoms with Crippen LogP contribution in [0.4, 0.5) is 0 Å². The molecule has 0 aliphatic rings. The van der Waals surface area contributed by atoms with E-state index in [9.17, 15) is 0 Å². The molecule has 0 saturated heterocycles. The zero-order valence-corrected chi connectivity index (χ0v) is 12.5. The first-order valence-corrected chi connectivity index (χ1v) is 7.41. The molecule has 0 spiro atoms. The zero-order valence-electron chi connectivity index (χ0n) is 11.0. The van der Waals surface area contributed by atoms with Crippen molar-refractivity contribution in [1.82, 2.24) is 5.32 Å². The van der Waals surface area contributed by atoms with E-state index in [4.69, 9.17) is 11.6 Å². The van der Waals surface area contributed by atoms with Crippen LogP contribution in [0.15, 0.2) is 30.3 Å². The van der Waals surface area contributed by atoms with Gasteiger partial charge in [0.05, 0.1) is 0 Å². The van der Waals surface area contributed by atoms with Gasteiger partial charge in [0.25, 0.3) is 0 Å². The topological polar surface area (TPSA) is 12.0 Å². The van der Waals surface area contributed by atoms with E-state index in [2.05, 4.69) is 56.4 Å². The standard InChI is InChI=1S/C15H18ClNS/c1-4-17-11(3)13-7-6-12(9-14(13)16)15-8-5-10(2)18-15/h5-9,11,17H,4H2,1-3H3. The highest BCUT2D eigenvalue weighted by molar-refractivity contribution is 7.15. The number of rotatable bonds is 4. The second-order valence-electron chi connectivity index (χ2n) is 4.43. The molecule has 0 aliphatic heterocycles. The summed E-state index contributed by atoms with van der Waals surface area (Å²) in [6.45, 7) is 7.31. The lowest BCUT2D eigenvalue weighted by atomic mass is 10.1. The Hall–Kier alpha value is -0.830. The fourth-order valence-electron chi connectivity index (χ4n) is 2.04. The SMILES string of the molecule is CCNC(C)c1ccc(-c2ccc(C)s2)cc1Cl. The van der Waals surface area contributed by atoms with E-state index in [-0.39, 0.29) is 0 Å². The van der Waals surface area contributed by atoms with Gasteiger partial charge in [-0.3, -0.25) is 0 Å². The van der Waals surface area contributed by atoms with Gasteiger partial charge in [-0.05, 0) is 49.7 Å². The van der Waals surface area contributed by atoms with Gasteiger partial charge in [-0.2, -0.15) is 0 Å². The summed E-state index contributed by atoms with van der Waals surface area (Å²) in [4.78, 5) is 2.60. The Morgan fingerprint density at radius 2 is 2.06 bits per heavy atom. The molecule has 96 valence electrons. The first-order chi connectivity index (χ1) is 8.61. The van der Waals surface area contributed by atoms with Crippen LogP contribution >= 0.6 is 22.9 Å². The van der Waals surface area contributed by atoms with Crippen LogP contribution < -0.4 is 5.32 Å². The van der Waals surface area contributed by atoms with Crippen LogP contribution in [0.1, 0.15) is 30.3 Å². The molecule has 0 aliphatic carbocycles. The van der Waals surface area contributed by atoms with E-state index in [1.807, 2.05) is 0 Å². The van der Waals surface area contributed by atoms with Gasteiger partial charge in [0.2, 0.25) is 0 Å². The van der Waals surface area contributed by atoms with Crippen molar-refractivity contribution in [2.24, 2.45) is 0 Å². The van der Waals surface area contributed by atoms with Crippen LogP contribution in [-0.2, 0) is 0 Å². The molecule has 18 heavy (non-hydrogen) atoms. The molecule has 2 rings (SSSR count). The summed E-state index contributed by atoms with van der Waals surface area (Å²) in [5.74, 6) is 0. The molecule has 1 aromatic carbocycles. The molecule has 1 nitrogen and oxygen atoms in total. The number of hydrogen-bond acceptors (Lipinski definition) is 2. The Kier molecular flexibility index (Phi) is 4.44. The maximum Gasteiger partial charge on any atom is 0.0460 e. The van der Waals surface area contributed by atoms with Gasteiger partial charge < -0.3 is 5.32 Å². The van der Waals surface area contributed by atoms with Crippen LogP contribution in [0.3, 0.4) is 0 Å². The lowest BCUT2D eigenvalue weighted by molar-refractivity contribution is 0.598. The minimum atomic E-state index is 0.293. The fraction of sp³-hybridized carbons (Fsp3) is 0.333. The Bertz CT molecular complexity index is 533. The van der Waals surface area contributed by atoms with Crippen LogP contribution in [0, 0.1) is 6.92 Å².